The Labute approximate surface area is 113 Å². The fourth-order valence-corrected chi connectivity index (χ4v) is 1.98. The van der Waals surface area contributed by atoms with Gasteiger partial charge in [-0.15, -0.1) is 0 Å². The van der Waals surface area contributed by atoms with Gasteiger partial charge in [0.05, 0.1) is 11.1 Å². The van der Waals surface area contributed by atoms with Gasteiger partial charge in [-0.25, -0.2) is 9.97 Å². The quantitative estimate of drug-likeness (QED) is 0.705. The zero-order chi connectivity index (χ0) is 13.2. The zero-order valence-corrected chi connectivity index (χ0v) is 10.5. The Morgan fingerprint density at radius 1 is 1.26 bits per heavy atom. The Bertz CT molecular complexity index is 753. The highest BCUT2D eigenvalue weighted by atomic mass is 35.5. The van der Waals surface area contributed by atoms with Crippen molar-refractivity contribution in [3.8, 4) is 0 Å². The number of nitrogens with zero attached hydrogens (tertiary/aromatic N) is 2. The molecule has 2 heterocycles. The van der Waals surface area contributed by atoms with Crippen molar-refractivity contribution < 1.29 is 4.79 Å². The molecule has 2 N–H and O–H groups in total. The molecule has 0 aliphatic heterocycles. The van der Waals surface area contributed by atoms with Crippen LogP contribution in [0.25, 0.3) is 10.9 Å². The van der Waals surface area contributed by atoms with Crippen molar-refractivity contribution in [2.24, 2.45) is 0 Å². The molecule has 0 atom stereocenters. The maximum absolute atomic E-state index is 12.2. The maximum Gasteiger partial charge on any atom is 0.260 e. The molecule has 94 valence electrons. The van der Waals surface area contributed by atoms with Crippen LogP contribution in [0.2, 0.25) is 5.15 Å². The first kappa shape index (κ1) is 11.7. The largest absolute Gasteiger partial charge is 0.361 e. The Morgan fingerprint density at radius 3 is 3.00 bits per heavy atom. The molecule has 0 radical (unpaired) electrons. The lowest BCUT2D eigenvalue weighted by Gasteiger charge is -2.04. The summed E-state index contributed by atoms with van der Waals surface area (Å²) in [6.07, 6.45) is 3.28. The van der Waals surface area contributed by atoms with Crippen molar-refractivity contribution in [1.29, 1.82) is 0 Å². The number of fused-ring (bicyclic) bond motifs is 1. The van der Waals surface area contributed by atoms with Gasteiger partial charge in [-0.3, -0.25) is 10.1 Å². The molecule has 6 heteroatoms. The van der Waals surface area contributed by atoms with Crippen molar-refractivity contribution >= 4 is 34.4 Å². The summed E-state index contributed by atoms with van der Waals surface area (Å²) in [6.45, 7) is 0. The van der Waals surface area contributed by atoms with Gasteiger partial charge in [0.1, 0.15) is 5.15 Å². The monoisotopic (exact) mass is 272 g/mol. The number of carbonyl (C=O) groups excluding carboxylic acids is 1. The molecule has 1 amide bonds. The Hall–Kier alpha value is -2.40. The second kappa shape index (κ2) is 4.70. The summed E-state index contributed by atoms with van der Waals surface area (Å²) in [7, 11) is 0. The summed E-state index contributed by atoms with van der Waals surface area (Å²) in [5.74, 6) is -0.101. The number of anilines is 1. The molecule has 0 bridgehead atoms. The molecule has 1 aromatic carbocycles. The van der Waals surface area contributed by atoms with E-state index in [1.54, 1.807) is 18.3 Å². The average molecular weight is 273 g/mol. The van der Waals surface area contributed by atoms with Gasteiger partial charge in [0.25, 0.3) is 5.91 Å². The van der Waals surface area contributed by atoms with Crippen LogP contribution in [0.1, 0.15) is 10.4 Å². The molecule has 0 fully saturated rings. The fourth-order valence-electron chi connectivity index (χ4n) is 1.84. The van der Waals surface area contributed by atoms with Crippen LogP contribution in [0, 0.1) is 0 Å². The van der Waals surface area contributed by atoms with Crippen molar-refractivity contribution in [1.82, 2.24) is 15.0 Å². The summed E-state index contributed by atoms with van der Waals surface area (Å²) < 4.78 is 0. The van der Waals surface area contributed by atoms with Gasteiger partial charge in [0.2, 0.25) is 5.95 Å². The number of carbonyl (C=O) groups is 1. The minimum Gasteiger partial charge on any atom is -0.361 e. The molecule has 0 aliphatic carbocycles. The first-order valence-corrected chi connectivity index (χ1v) is 5.98. The van der Waals surface area contributed by atoms with Crippen LogP contribution in [0.5, 0.6) is 0 Å². The van der Waals surface area contributed by atoms with E-state index in [1.165, 1.54) is 6.20 Å². The first-order valence-electron chi connectivity index (χ1n) is 5.60. The molecule has 0 saturated carbocycles. The highest BCUT2D eigenvalue weighted by Crippen LogP contribution is 2.18. The molecule has 0 unspecified atom stereocenters. The topological polar surface area (TPSA) is 70.7 Å². The molecular weight excluding hydrogens is 264 g/mol. The fraction of sp³-hybridized carbons (Fsp3) is 0. The number of amides is 1. The molecule has 0 saturated heterocycles. The van der Waals surface area contributed by atoms with Crippen LogP contribution in [0.15, 0.2) is 42.7 Å². The van der Waals surface area contributed by atoms with Gasteiger partial charge >= 0.3 is 0 Å². The van der Waals surface area contributed by atoms with Crippen molar-refractivity contribution in [3.05, 3.63) is 53.4 Å². The molecular formula is C13H9ClN4O. The van der Waals surface area contributed by atoms with E-state index < -0.39 is 0 Å². The average Bonchev–Trinajstić information content (AvgIpc) is 2.86. The second-order valence-corrected chi connectivity index (χ2v) is 4.29. The number of aromatic nitrogens is 3. The molecule has 2 aromatic heterocycles. The van der Waals surface area contributed by atoms with Gasteiger partial charge in [-0.05, 0) is 18.2 Å². The van der Waals surface area contributed by atoms with Gasteiger partial charge in [0.15, 0.2) is 0 Å². The normalized spacial score (nSPS) is 10.6. The van der Waals surface area contributed by atoms with Crippen molar-refractivity contribution in [2.75, 3.05) is 5.32 Å². The molecule has 0 spiro atoms. The van der Waals surface area contributed by atoms with E-state index in [0.717, 1.165) is 10.9 Å². The molecule has 5 nitrogen and oxygen atoms in total. The SMILES string of the molecule is O=C(Nc1nccc(Cl)n1)c1cccc2cc[nH]c12. The third-order valence-corrected chi connectivity index (χ3v) is 2.89. The lowest BCUT2D eigenvalue weighted by Crippen LogP contribution is -2.14. The third kappa shape index (κ3) is 2.28. The van der Waals surface area contributed by atoms with E-state index in [-0.39, 0.29) is 17.0 Å². The molecule has 3 aromatic rings. The molecule has 19 heavy (non-hydrogen) atoms. The summed E-state index contributed by atoms with van der Waals surface area (Å²) >= 11 is 5.74. The van der Waals surface area contributed by atoms with Crippen LogP contribution in [-0.4, -0.2) is 20.9 Å². The lowest BCUT2D eigenvalue weighted by molar-refractivity contribution is 0.102. The predicted octanol–water partition coefficient (Wildman–Crippen LogP) is 2.86. The van der Waals surface area contributed by atoms with Gasteiger partial charge < -0.3 is 4.98 Å². The zero-order valence-electron chi connectivity index (χ0n) is 9.72. The van der Waals surface area contributed by atoms with Gasteiger partial charge in [0, 0.05) is 17.8 Å². The Kier molecular flexibility index (Phi) is 2.89. The van der Waals surface area contributed by atoms with E-state index in [4.69, 9.17) is 11.6 Å². The molecule has 0 aliphatic rings. The Morgan fingerprint density at radius 2 is 2.16 bits per heavy atom. The van der Waals surface area contributed by atoms with Crippen molar-refractivity contribution in [3.63, 3.8) is 0 Å². The predicted molar refractivity (Wildman–Crippen MR) is 73.3 cm³/mol. The van der Waals surface area contributed by atoms with E-state index in [9.17, 15) is 4.79 Å². The minimum atomic E-state index is -0.282. The maximum atomic E-state index is 12.2. The van der Waals surface area contributed by atoms with Crippen LogP contribution >= 0.6 is 11.6 Å². The minimum absolute atomic E-state index is 0.182. The van der Waals surface area contributed by atoms with Crippen LogP contribution in [-0.2, 0) is 0 Å². The lowest BCUT2D eigenvalue weighted by atomic mass is 10.1. The standard InChI is InChI=1S/C13H9ClN4O/c14-10-5-7-16-13(17-10)18-12(19)9-3-1-2-8-4-6-15-11(8)9/h1-7,15H,(H,16,17,18,19). The summed E-state index contributed by atoms with van der Waals surface area (Å²) in [6, 6.07) is 8.94. The number of halogens is 1. The second-order valence-electron chi connectivity index (χ2n) is 3.90. The highest BCUT2D eigenvalue weighted by molar-refractivity contribution is 6.29. The summed E-state index contributed by atoms with van der Waals surface area (Å²) in [4.78, 5) is 23.1. The van der Waals surface area contributed by atoms with E-state index >= 15 is 0 Å². The summed E-state index contributed by atoms with van der Waals surface area (Å²) in [5.41, 5.74) is 1.31. The van der Waals surface area contributed by atoms with Crippen molar-refractivity contribution in [2.45, 2.75) is 0 Å². The number of benzene rings is 1. The number of rotatable bonds is 2. The number of aromatic amines is 1. The van der Waals surface area contributed by atoms with E-state index in [1.807, 2.05) is 18.2 Å². The number of para-hydroxylation sites is 1. The first-order chi connectivity index (χ1) is 9.24. The number of hydrogen-bond acceptors (Lipinski definition) is 3. The summed E-state index contributed by atoms with van der Waals surface area (Å²) in [5, 5.41) is 3.87. The van der Waals surface area contributed by atoms with Crippen LogP contribution < -0.4 is 5.32 Å². The van der Waals surface area contributed by atoms with E-state index in [0.29, 0.717) is 5.56 Å². The van der Waals surface area contributed by atoms with Crippen LogP contribution in [0.3, 0.4) is 0 Å². The number of hydrogen-bond donors (Lipinski definition) is 2. The molecule has 3 rings (SSSR count). The Balaban J connectivity index is 1.94. The highest BCUT2D eigenvalue weighted by Gasteiger charge is 2.12. The van der Waals surface area contributed by atoms with Gasteiger partial charge in [-0.2, -0.15) is 0 Å². The van der Waals surface area contributed by atoms with E-state index in [2.05, 4.69) is 20.3 Å². The smallest absolute Gasteiger partial charge is 0.260 e. The van der Waals surface area contributed by atoms with Crippen LogP contribution in [0.4, 0.5) is 5.95 Å². The third-order valence-electron chi connectivity index (χ3n) is 2.68. The number of H-pyrrole nitrogens is 1. The van der Waals surface area contributed by atoms with Gasteiger partial charge in [-0.1, -0.05) is 23.7 Å². The number of nitrogens with one attached hydrogen (secondary N) is 2.